The number of nitrogens with two attached hydrogens (primary N) is 1. The molecule has 0 unspecified atom stereocenters. The van der Waals surface area contributed by atoms with Gasteiger partial charge in [0.15, 0.2) is 11.5 Å². The zero-order valence-corrected chi connectivity index (χ0v) is 17.0. The SMILES string of the molecule is CCCOc1c(OCC)cc(C=Nn2cc(C)nc2N)c(Br)c1Br. The van der Waals surface area contributed by atoms with Gasteiger partial charge in [0.2, 0.25) is 5.95 Å². The number of benzene rings is 1. The number of halogens is 2. The summed E-state index contributed by atoms with van der Waals surface area (Å²) in [6.07, 6.45) is 4.37. The van der Waals surface area contributed by atoms with Gasteiger partial charge < -0.3 is 15.2 Å². The fraction of sp³-hybridized carbons (Fsp3) is 0.375. The molecule has 0 aliphatic heterocycles. The highest BCUT2D eigenvalue weighted by Crippen LogP contribution is 2.42. The first kappa shape index (κ1) is 18.8. The predicted octanol–water partition coefficient (Wildman–Crippen LogP) is 4.37. The maximum absolute atomic E-state index is 5.81. The largest absolute Gasteiger partial charge is 0.490 e. The lowest BCUT2D eigenvalue weighted by molar-refractivity contribution is 0.275. The Bertz CT molecular complexity index is 744. The fourth-order valence-electron chi connectivity index (χ4n) is 2.02. The van der Waals surface area contributed by atoms with Crippen LogP contribution in [0.1, 0.15) is 31.5 Å². The molecule has 130 valence electrons. The number of nitrogens with zero attached hydrogens (tertiary/aromatic N) is 3. The standard InChI is InChI=1S/C16H20Br2N4O2/c1-4-6-24-15-12(23-5-2)7-11(13(17)14(15)18)8-20-22-9-10(3)21-16(22)19/h7-9H,4-6H2,1-3H3,(H2,19,21). The molecule has 1 aromatic carbocycles. The second kappa shape index (κ2) is 8.53. The molecule has 1 heterocycles. The monoisotopic (exact) mass is 458 g/mol. The zero-order chi connectivity index (χ0) is 17.7. The van der Waals surface area contributed by atoms with E-state index in [1.807, 2.05) is 19.9 Å². The van der Waals surface area contributed by atoms with Crippen LogP contribution in [0.3, 0.4) is 0 Å². The van der Waals surface area contributed by atoms with Crippen molar-refractivity contribution in [2.45, 2.75) is 27.2 Å². The van der Waals surface area contributed by atoms with Crippen LogP contribution in [0.25, 0.3) is 0 Å². The summed E-state index contributed by atoms with van der Waals surface area (Å²) in [6.45, 7) is 7.01. The zero-order valence-electron chi connectivity index (χ0n) is 13.8. The van der Waals surface area contributed by atoms with E-state index in [0.717, 1.165) is 26.6 Å². The summed E-state index contributed by atoms with van der Waals surface area (Å²) < 4.78 is 14.7. The van der Waals surface area contributed by atoms with Crippen molar-refractivity contribution in [3.8, 4) is 11.5 Å². The molecule has 2 aromatic rings. The lowest BCUT2D eigenvalue weighted by atomic mass is 10.2. The van der Waals surface area contributed by atoms with E-state index >= 15 is 0 Å². The molecule has 24 heavy (non-hydrogen) atoms. The molecule has 6 nitrogen and oxygen atoms in total. The van der Waals surface area contributed by atoms with E-state index < -0.39 is 0 Å². The van der Waals surface area contributed by atoms with E-state index in [4.69, 9.17) is 15.2 Å². The molecule has 0 spiro atoms. The number of nitrogen functional groups attached to an aromatic ring is 1. The molecule has 1 aromatic heterocycles. The minimum Gasteiger partial charge on any atom is -0.490 e. The number of rotatable bonds is 7. The van der Waals surface area contributed by atoms with Crippen LogP contribution in [0.2, 0.25) is 0 Å². The quantitative estimate of drug-likeness (QED) is 0.623. The molecule has 0 fully saturated rings. The molecular formula is C16H20Br2N4O2. The van der Waals surface area contributed by atoms with Crippen molar-refractivity contribution in [2.24, 2.45) is 5.10 Å². The summed E-state index contributed by atoms with van der Waals surface area (Å²) in [6, 6.07) is 1.88. The Morgan fingerprint density at radius 2 is 2.04 bits per heavy atom. The molecule has 0 aliphatic carbocycles. The van der Waals surface area contributed by atoms with Crippen LogP contribution in [-0.4, -0.2) is 29.1 Å². The van der Waals surface area contributed by atoms with E-state index in [9.17, 15) is 0 Å². The van der Waals surface area contributed by atoms with Crippen LogP contribution in [0.4, 0.5) is 5.95 Å². The molecule has 0 amide bonds. The van der Waals surface area contributed by atoms with E-state index in [-0.39, 0.29) is 0 Å². The second-order valence-electron chi connectivity index (χ2n) is 5.03. The highest BCUT2D eigenvalue weighted by Gasteiger charge is 2.16. The molecular weight excluding hydrogens is 440 g/mol. The van der Waals surface area contributed by atoms with E-state index in [2.05, 4.69) is 48.9 Å². The molecule has 0 radical (unpaired) electrons. The van der Waals surface area contributed by atoms with Gasteiger partial charge in [-0.1, -0.05) is 6.92 Å². The third-order valence-electron chi connectivity index (χ3n) is 3.06. The number of anilines is 1. The number of hydrogen-bond donors (Lipinski definition) is 1. The van der Waals surface area contributed by atoms with Gasteiger partial charge in [-0.05, 0) is 58.2 Å². The molecule has 0 aliphatic rings. The van der Waals surface area contributed by atoms with Crippen LogP contribution in [0, 0.1) is 6.92 Å². The summed E-state index contributed by atoms with van der Waals surface area (Å²) in [4.78, 5) is 4.12. The lowest BCUT2D eigenvalue weighted by Gasteiger charge is -2.15. The first-order valence-electron chi connectivity index (χ1n) is 7.61. The Kier molecular flexibility index (Phi) is 6.68. The van der Waals surface area contributed by atoms with Gasteiger partial charge in [0.1, 0.15) is 0 Å². The van der Waals surface area contributed by atoms with Crippen molar-refractivity contribution in [3.05, 3.63) is 32.5 Å². The van der Waals surface area contributed by atoms with Gasteiger partial charge >= 0.3 is 0 Å². The van der Waals surface area contributed by atoms with Crippen LogP contribution in [-0.2, 0) is 0 Å². The third kappa shape index (κ3) is 4.30. The topological polar surface area (TPSA) is 74.7 Å². The summed E-state index contributed by atoms with van der Waals surface area (Å²) in [5, 5.41) is 4.35. The maximum atomic E-state index is 5.81. The van der Waals surface area contributed by atoms with Gasteiger partial charge in [0.25, 0.3) is 0 Å². The van der Waals surface area contributed by atoms with Crippen LogP contribution in [0.15, 0.2) is 26.3 Å². The average Bonchev–Trinajstić information content (AvgIpc) is 2.87. The summed E-state index contributed by atoms with van der Waals surface area (Å²) >= 11 is 7.15. The molecule has 0 atom stereocenters. The Labute approximate surface area is 158 Å². The van der Waals surface area contributed by atoms with Gasteiger partial charge in [-0.15, -0.1) is 0 Å². The van der Waals surface area contributed by atoms with Gasteiger partial charge in [-0.25, -0.2) is 9.66 Å². The maximum Gasteiger partial charge on any atom is 0.221 e. The van der Waals surface area contributed by atoms with Crippen LogP contribution >= 0.6 is 31.9 Å². The van der Waals surface area contributed by atoms with E-state index in [0.29, 0.717) is 30.7 Å². The molecule has 0 bridgehead atoms. The average molecular weight is 460 g/mol. The van der Waals surface area contributed by atoms with Gasteiger partial charge in [-0.2, -0.15) is 5.10 Å². The number of aryl methyl sites for hydroxylation is 1. The summed E-state index contributed by atoms with van der Waals surface area (Å²) in [5.74, 6) is 1.69. The number of aromatic nitrogens is 2. The van der Waals surface area contributed by atoms with Crippen LogP contribution in [0.5, 0.6) is 11.5 Å². The summed E-state index contributed by atoms with van der Waals surface area (Å²) in [7, 11) is 0. The van der Waals surface area contributed by atoms with Crippen molar-refractivity contribution in [3.63, 3.8) is 0 Å². The lowest BCUT2D eigenvalue weighted by Crippen LogP contribution is -2.03. The molecule has 8 heteroatoms. The second-order valence-corrected chi connectivity index (χ2v) is 6.62. The molecule has 0 saturated heterocycles. The first-order chi connectivity index (χ1) is 11.5. The Morgan fingerprint density at radius 1 is 1.29 bits per heavy atom. The molecule has 2 rings (SSSR count). The molecule has 2 N–H and O–H groups in total. The van der Waals surface area contributed by atoms with E-state index in [1.54, 1.807) is 12.4 Å². The Morgan fingerprint density at radius 3 is 2.62 bits per heavy atom. The van der Waals surface area contributed by atoms with Crippen molar-refractivity contribution in [1.82, 2.24) is 9.66 Å². The number of hydrogen-bond acceptors (Lipinski definition) is 5. The van der Waals surface area contributed by atoms with Gasteiger partial charge in [-0.3, -0.25) is 0 Å². The van der Waals surface area contributed by atoms with Crippen molar-refractivity contribution in [2.75, 3.05) is 18.9 Å². The van der Waals surface area contributed by atoms with Crippen molar-refractivity contribution in [1.29, 1.82) is 0 Å². The molecule has 0 saturated carbocycles. The van der Waals surface area contributed by atoms with Crippen LogP contribution < -0.4 is 15.2 Å². The first-order valence-corrected chi connectivity index (χ1v) is 9.19. The normalized spacial score (nSPS) is 11.2. The van der Waals surface area contributed by atoms with Crippen molar-refractivity contribution >= 4 is 44.0 Å². The van der Waals surface area contributed by atoms with E-state index in [1.165, 1.54) is 4.68 Å². The Hall–Kier alpha value is -1.54. The minimum atomic E-state index is 0.340. The third-order valence-corrected chi connectivity index (χ3v) is 5.21. The predicted molar refractivity (Wildman–Crippen MR) is 103 cm³/mol. The van der Waals surface area contributed by atoms with Crippen molar-refractivity contribution < 1.29 is 9.47 Å². The number of imidazole rings is 1. The van der Waals surface area contributed by atoms with Gasteiger partial charge in [0.05, 0.1) is 35.8 Å². The van der Waals surface area contributed by atoms with Gasteiger partial charge in [0, 0.05) is 10.0 Å². The Balaban J connectivity index is 2.41. The summed E-state index contributed by atoms with van der Waals surface area (Å²) in [5.41, 5.74) is 7.44. The minimum absolute atomic E-state index is 0.340. The highest BCUT2D eigenvalue weighted by molar-refractivity contribution is 9.13. The highest BCUT2D eigenvalue weighted by atomic mass is 79.9. The fourth-order valence-corrected chi connectivity index (χ4v) is 2.96. The number of ether oxygens (including phenoxy) is 2. The smallest absolute Gasteiger partial charge is 0.221 e.